The fourth-order valence-corrected chi connectivity index (χ4v) is 3.80. The smallest absolute Gasteiger partial charge is 0.264 e. The van der Waals surface area contributed by atoms with E-state index in [0.29, 0.717) is 28.9 Å². The molecule has 0 aliphatic heterocycles. The average Bonchev–Trinajstić information content (AvgIpc) is 3.03. The zero-order chi connectivity index (χ0) is 21.6. The quantitative estimate of drug-likeness (QED) is 0.343. The summed E-state index contributed by atoms with van der Waals surface area (Å²) in [6.07, 6.45) is 5.51. The summed E-state index contributed by atoms with van der Waals surface area (Å²) in [4.78, 5) is 7.80. The van der Waals surface area contributed by atoms with Crippen LogP contribution < -0.4 is 15.4 Å². The number of benzene rings is 1. The highest BCUT2D eigenvalue weighted by atomic mass is 35.5. The average molecular weight is 466 g/mol. The van der Waals surface area contributed by atoms with Crippen molar-refractivity contribution < 1.29 is 8.42 Å². The molecular weight excluding hydrogens is 446 g/mol. The SMILES string of the molecule is Cc1nn(CCCNC(=S)Nc2ccc(S(=O)(=O)Nc3ncccn3)cc2)cc1Cl. The topological polar surface area (TPSA) is 114 Å². The summed E-state index contributed by atoms with van der Waals surface area (Å²) >= 11 is 11.3. The number of halogens is 1. The van der Waals surface area contributed by atoms with Crippen molar-refractivity contribution in [3.05, 3.63) is 59.6 Å². The highest BCUT2D eigenvalue weighted by Crippen LogP contribution is 2.16. The summed E-state index contributed by atoms with van der Waals surface area (Å²) < 4.78 is 28.9. The van der Waals surface area contributed by atoms with Gasteiger partial charge in [-0.2, -0.15) is 5.10 Å². The molecule has 30 heavy (non-hydrogen) atoms. The Morgan fingerprint density at radius 1 is 1.20 bits per heavy atom. The molecule has 0 aliphatic carbocycles. The van der Waals surface area contributed by atoms with E-state index in [0.717, 1.165) is 12.1 Å². The van der Waals surface area contributed by atoms with Gasteiger partial charge >= 0.3 is 0 Å². The lowest BCUT2D eigenvalue weighted by atomic mass is 10.3. The minimum Gasteiger partial charge on any atom is -0.362 e. The van der Waals surface area contributed by atoms with Gasteiger partial charge in [0.25, 0.3) is 10.0 Å². The predicted molar refractivity (Wildman–Crippen MR) is 120 cm³/mol. The van der Waals surface area contributed by atoms with Crippen LogP contribution in [0.3, 0.4) is 0 Å². The lowest BCUT2D eigenvalue weighted by molar-refractivity contribution is 0.570. The van der Waals surface area contributed by atoms with Crippen molar-refractivity contribution >= 4 is 50.6 Å². The molecule has 3 aromatic rings. The molecule has 12 heteroatoms. The van der Waals surface area contributed by atoms with Crippen LogP contribution in [-0.4, -0.2) is 39.8 Å². The van der Waals surface area contributed by atoms with Crippen LogP contribution in [0, 0.1) is 6.92 Å². The van der Waals surface area contributed by atoms with Gasteiger partial charge in [0.2, 0.25) is 5.95 Å². The number of nitrogens with one attached hydrogen (secondary N) is 3. The summed E-state index contributed by atoms with van der Waals surface area (Å²) in [6, 6.07) is 7.80. The number of hydrogen-bond acceptors (Lipinski definition) is 6. The van der Waals surface area contributed by atoms with Gasteiger partial charge in [-0.1, -0.05) is 11.6 Å². The lowest BCUT2D eigenvalue weighted by Gasteiger charge is -2.11. The minimum absolute atomic E-state index is 0.0117. The number of anilines is 2. The molecule has 1 aromatic carbocycles. The van der Waals surface area contributed by atoms with Gasteiger partial charge in [0.15, 0.2) is 5.11 Å². The number of sulfonamides is 1. The first-order valence-corrected chi connectivity index (χ1v) is 11.2. The lowest BCUT2D eigenvalue weighted by Crippen LogP contribution is -2.29. The van der Waals surface area contributed by atoms with Crippen LogP contribution in [0.5, 0.6) is 0 Å². The zero-order valence-electron chi connectivity index (χ0n) is 16.0. The maximum atomic E-state index is 12.4. The number of aromatic nitrogens is 4. The largest absolute Gasteiger partial charge is 0.362 e. The number of hydrogen-bond donors (Lipinski definition) is 3. The molecule has 0 saturated carbocycles. The van der Waals surface area contributed by atoms with Gasteiger partial charge in [0.1, 0.15) is 0 Å². The Balaban J connectivity index is 1.47. The molecule has 0 radical (unpaired) electrons. The van der Waals surface area contributed by atoms with Crippen LogP contribution in [0.2, 0.25) is 5.02 Å². The van der Waals surface area contributed by atoms with Crippen LogP contribution in [0.1, 0.15) is 12.1 Å². The maximum absolute atomic E-state index is 12.4. The van der Waals surface area contributed by atoms with Gasteiger partial charge in [0.05, 0.1) is 15.6 Å². The van der Waals surface area contributed by atoms with E-state index in [2.05, 4.69) is 30.4 Å². The van der Waals surface area contributed by atoms with Gasteiger partial charge in [-0.05, 0) is 55.9 Å². The van der Waals surface area contributed by atoms with Crippen LogP contribution in [-0.2, 0) is 16.6 Å². The molecule has 0 bridgehead atoms. The monoisotopic (exact) mass is 465 g/mol. The van der Waals surface area contributed by atoms with E-state index in [-0.39, 0.29) is 10.8 Å². The van der Waals surface area contributed by atoms with Gasteiger partial charge in [-0.25, -0.2) is 23.1 Å². The second-order valence-corrected chi connectivity index (χ2v) is 8.76. The number of thiocarbonyl (C=S) groups is 1. The summed E-state index contributed by atoms with van der Waals surface area (Å²) in [5.74, 6) is 0.0117. The third-order valence-electron chi connectivity index (χ3n) is 3.95. The normalized spacial score (nSPS) is 11.1. The van der Waals surface area contributed by atoms with Crippen LogP contribution >= 0.6 is 23.8 Å². The van der Waals surface area contributed by atoms with E-state index in [1.54, 1.807) is 29.1 Å². The predicted octanol–water partition coefficient (Wildman–Crippen LogP) is 2.81. The molecule has 0 fully saturated rings. The van der Waals surface area contributed by atoms with E-state index in [9.17, 15) is 8.42 Å². The van der Waals surface area contributed by atoms with Crippen LogP contribution in [0.25, 0.3) is 0 Å². The fourth-order valence-electron chi connectivity index (χ4n) is 2.47. The van der Waals surface area contributed by atoms with E-state index in [1.807, 2.05) is 6.92 Å². The van der Waals surface area contributed by atoms with Crippen molar-refractivity contribution in [2.24, 2.45) is 0 Å². The molecule has 0 amide bonds. The van der Waals surface area contributed by atoms with Crippen LogP contribution in [0.15, 0.2) is 53.8 Å². The first kappa shape index (κ1) is 21.9. The fraction of sp³-hybridized carbons (Fsp3) is 0.222. The Bertz CT molecular complexity index is 1080. The summed E-state index contributed by atoms with van der Waals surface area (Å²) in [5, 5.41) is 11.5. The highest BCUT2D eigenvalue weighted by molar-refractivity contribution is 7.92. The van der Waals surface area contributed by atoms with Crippen molar-refractivity contribution in [2.75, 3.05) is 16.6 Å². The minimum atomic E-state index is -3.77. The summed E-state index contributed by atoms with van der Waals surface area (Å²) in [7, 11) is -3.77. The molecule has 0 unspecified atom stereocenters. The number of nitrogens with zero attached hydrogens (tertiary/aromatic N) is 4. The summed E-state index contributed by atoms with van der Waals surface area (Å²) in [6.45, 7) is 3.22. The third kappa shape index (κ3) is 6.12. The van der Waals surface area contributed by atoms with Crippen molar-refractivity contribution in [3.63, 3.8) is 0 Å². The highest BCUT2D eigenvalue weighted by Gasteiger charge is 2.15. The first-order valence-electron chi connectivity index (χ1n) is 8.98. The second kappa shape index (κ2) is 9.83. The Kier molecular flexibility index (Phi) is 7.19. The van der Waals surface area contributed by atoms with Gasteiger partial charge < -0.3 is 10.6 Å². The molecule has 0 saturated heterocycles. The van der Waals surface area contributed by atoms with E-state index < -0.39 is 10.0 Å². The third-order valence-corrected chi connectivity index (χ3v) is 5.91. The Labute approximate surface area is 184 Å². The molecule has 0 spiro atoms. The van der Waals surface area contributed by atoms with Crippen molar-refractivity contribution in [2.45, 2.75) is 24.8 Å². The van der Waals surface area contributed by atoms with Crippen molar-refractivity contribution in [3.8, 4) is 0 Å². The van der Waals surface area contributed by atoms with Gasteiger partial charge in [-0.15, -0.1) is 0 Å². The molecule has 3 N–H and O–H groups in total. The van der Waals surface area contributed by atoms with Crippen LogP contribution in [0.4, 0.5) is 11.6 Å². The van der Waals surface area contributed by atoms with E-state index in [4.69, 9.17) is 23.8 Å². The number of aryl methyl sites for hydroxylation is 2. The van der Waals surface area contributed by atoms with Gasteiger partial charge in [-0.3, -0.25) is 4.68 Å². The maximum Gasteiger partial charge on any atom is 0.264 e. The van der Waals surface area contributed by atoms with E-state index >= 15 is 0 Å². The number of rotatable bonds is 8. The van der Waals surface area contributed by atoms with Crippen molar-refractivity contribution in [1.29, 1.82) is 0 Å². The molecular formula is C18H20ClN7O2S2. The Morgan fingerprint density at radius 2 is 1.90 bits per heavy atom. The standard InChI is InChI=1S/C18H20ClN7O2S2/c1-13-16(19)12-26(24-13)11-3-10-22-18(29)23-14-4-6-15(7-5-14)30(27,28)25-17-20-8-2-9-21-17/h2,4-9,12H,3,10-11H2,1H3,(H,20,21,25)(H2,22,23,29). The Hall–Kier alpha value is -2.76. The Morgan fingerprint density at radius 3 is 2.53 bits per heavy atom. The van der Waals surface area contributed by atoms with Crippen molar-refractivity contribution in [1.82, 2.24) is 25.1 Å². The molecule has 2 aromatic heterocycles. The molecule has 0 aliphatic rings. The van der Waals surface area contributed by atoms with Gasteiger partial charge in [0, 0.05) is 37.4 Å². The van der Waals surface area contributed by atoms with E-state index in [1.165, 1.54) is 24.5 Å². The molecule has 2 heterocycles. The molecule has 158 valence electrons. The molecule has 3 rings (SSSR count). The summed E-state index contributed by atoms with van der Waals surface area (Å²) in [5.41, 5.74) is 1.47. The second-order valence-electron chi connectivity index (χ2n) is 6.26. The first-order chi connectivity index (χ1) is 14.3. The molecule has 9 nitrogen and oxygen atoms in total. The zero-order valence-corrected chi connectivity index (χ0v) is 18.4. The molecule has 0 atom stereocenters.